The molecule has 25 heavy (non-hydrogen) atoms. The quantitative estimate of drug-likeness (QED) is 0.765. The van der Waals surface area contributed by atoms with Crippen molar-refractivity contribution in [2.24, 2.45) is 23.2 Å². The van der Waals surface area contributed by atoms with Crippen LogP contribution in [0.1, 0.15) is 45.4 Å². The number of aliphatic hydroxyl groups is 1. The Kier molecular flexibility index (Phi) is 4.45. The molecule has 2 saturated carbocycles. The molecule has 0 unspecified atom stereocenters. The lowest BCUT2D eigenvalue weighted by molar-refractivity contribution is -0.142. The van der Waals surface area contributed by atoms with Gasteiger partial charge < -0.3 is 14.9 Å². The highest BCUT2D eigenvalue weighted by atomic mass is 16.5. The van der Waals surface area contributed by atoms with E-state index < -0.39 is 5.97 Å². The zero-order valence-corrected chi connectivity index (χ0v) is 15.2. The van der Waals surface area contributed by atoms with Crippen LogP contribution in [0.4, 0.5) is 0 Å². The van der Waals surface area contributed by atoms with Gasteiger partial charge in [0.05, 0.1) is 18.8 Å². The number of carboxylic acid groups (broad SMARTS) is 1. The number of carbonyl (C=O) groups is 1. The maximum Gasteiger partial charge on any atom is 0.320 e. The van der Waals surface area contributed by atoms with Gasteiger partial charge in [-0.3, -0.25) is 9.69 Å². The third-order valence-electron chi connectivity index (χ3n) is 7.64. The predicted molar refractivity (Wildman–Crippen MR) is 94.2 cm³/mol. The molecule has 4 fully saturated rings. The van der Waals surface area contributed by atoms with Crippen molar-refractivity contribution in [2.45, 2.75) is 63.7 Å². The summed E-state index contributed by atoms with van der Waals surface area (Å²) in [6.07, 6.45) is 5.42. The van der Waals surface area contributed by atoms with E-state index in [4.69, 9.17) is 4.74 Å². The van der Waals surface area contributed by atoms with E-state index >= 15 is 0 Å². The molecule has 4 aliphatic rings. The third kappa shape index (κ3) is 2.75. The first kappa shape index (κ1) is 17.5. The second-order valence-corrected chi connectivity index (χ2v) is 8.95. The number of likely N-dealkylation sites (tertiary alicyclic amines) is 1. The molecule has 0 spiro atoms. The maximum absolute atomic E-state index is 11.5. The Labute approximate surface area is 150 Å². The minimum Gasteiger partial charge on any atom is -0.480 e. The molecule has 2 aliphatic heterocycles. The van der Waals surface area contributed by atoms with Gasteiger partial charge in [-0.25, -0.2) is 0 Å². The van der Waals surface area contributed by atoms with Gasteiger partial charge in [-0.2, -0.15) is 0 Å². The average Bonchev–Trinajstić information content (AvgIpc) is 3.19. The molecule has 0 aromatic heterocycles. The van der Waals surface area contributed by atoms with Gasteiger partial charge in [-0.15, -0.1) is 0 Å². The average molecular weight is 349 g/mol. The van der Waals surface area contributed by atoms with Gasteiger partial charge in [0.25, 0.3) is 0 Å². The molecule has 4 rings (SSSR count). The third-order valence-corrected chi connectivity index (χ3v) is 7.64. The summed E-state index contributed by atoms with van der Waals surface area (Å²) in [5, 5.41) is 20.1. The zero-order chi connectivity index (χ0) is 17.8. The smallest absolute Gasteiger partial charge is 0.320 e. The Morgan fingerprint density at radius 1 is 1.40 bits per heavy atom. The summed E-state index contributed by atoms with van der Waals surface area (Å²) < 4.78 is 6.28. The Hall–Kier alpha value is -0.910. The first-order valence-corrected chi connectivity index (χ1v) is 9.86. The van der Waals surface area contributed by atoms with Crippen LogP contribution >= 0.6 is 0 Å². The standard InChI is InChI=1S/C20H31NO4/c1-12-5-6-16(22)20(2)8-7-14-13(11-25-18(14)17(12)20)10-21-9-3-4-15(21)19(23)24/h13-18,22H,1,3-11H2,2H3,(H,23,24)/t13-,14+,15+,16-,17-,18+,20+/m1/s1. The molecule has 5 heteroatoms. The molecular formula is C20H31NO4. The lowest BCUT2D eigenvalue weighted by atomic mass is 9.54. The Morgan fingerprint density at radius 3 is 2.96 bits per heavy atom. The maximum atomic E-state index is 11.5. The van der Waals surface area contributed by atoms with Crippen LogP contribution in [0.5, 0.6) is 0 Å². The predicted octanol–water partition coefficient (Wildman–Crippen LogP) is 2.29. The minimum absolute atomic E-state index is 0.108. The fourth-order valence-corrected chi connectivity index (χ4v) is 6.20. The van der Waals surface area contributed by atoms with E-state index in [-0.39, 0.29) is 29.6 Å². The summed E-state index contributed by atoms with van der Waals surface area (Å²) in [5.74, 6) is 0.429. The van der Waals surface area contributed by atoms with Gasteiger partial charge >= 0.3 is 5.97 Å². The SMILES string of the molecule is C=C1CC[C@@H](O)[C@]2(C)CC[C@H]3[C@H](CN4CCC[C@H]4C(=O)O)CO[C@@H]3[C@@H]12. The highest BCUT2D eigenvalue weighted by Crippen LogP contribution is 2.57. The Balaban J connectivity index is 1.50. The number of hydrogen-bond acceptors (Lipinski definition) is 4. The molecule has 0 aromatic carbocycles. The van der Waals surface area contributed by atoms with E-state index in [0.29, 0.717) is 18.4 Å². The molecule has 2 aliphatic carbocycles. The van der Waals surface area contributed by atoms with Crippen molar-refractivity contribution < 1.29 is 19.7 Å². The Morgan fingerprint density at radius 2 is 2.20 bits per heavy atom. The van der Waals surface area contributed by atoms with E-state index in [1.165, 1.54) is 5.57 Å². The second kappa shape index (κ2) is 6.36. The number of aliphatic carboxylic acids is 1. The van der Waals surface area contributed by atoms with Crippen molar-refractivity contribution in [3.8, 4) is 0 Å². The van der Waals surface area contributed by atoms with Gasteiger partial charge in [0, 0.05) is 23.8 Å². The molecule has 5 nitrogen and oxygen atoms in total. The van der Waals surface area contributed by atoms with Crippen molar-refractivity contribution in [3.63, 3.8) is 0 Å². The lowest BCUT2D eigenvalue weighted by Gasteiger charge is -2.53. The van der Waals surface area contributed by atoms with Gasteiger partial charge in [-0.1, -0.05) is 19.1 Å². The van der Waals surface area contributed by atoms with Gasteiger partial charge in [-0.05, 0) is 51.0 Å². The lowest BCUT2D eigenvalue weighted by Crippen LogP contribution is -2.54. The minimum atomic E-state index is -0.687. The molecule has 2 heterocycles. The molecule has 2 N–H and O–H groups in total. The number of nitrogens with zero attached hydrogens (tertiary/aromatic N) is 1. The summed E-state index contributed by atoms with van der Waals surface area (Å²) in [6, 6.07) is -0.320. The van der Waals surface area contributed by atoms with Gasteiger partial charge in [0.1, 0.15) is 6.04 Å². The highest BCUT2D eigenvalue weighted by molar-refractivity contribution is 5.73. The van der Waals surface area contributed by atoms with E-state index in [9.17, 15) is 15.0 Å². The number of aliphatic hydroxyl groups excluding tert-OH is 1. The molecule has 2 saturated heterocycles. The van der Waals surface area contributed by atoms with Crippen molar-refractivity contribution in [1.29, 1.82) is 0 Å². The summed E-state index contributed by atoms with van der Waals surface area (Å²) in [6.45, 7) is 8.96. The second-order valence-electron chi connectivity index (χ2n) is 8.95. The topological polar surface area (TPSA) is 70.0 Å². The summed E-state index contributed by atoms with van der Waals surface area (Å²) >= 11 is 0. The molecule has 0 radical (unpaired) electrons. The van der Waals surface area contributed by atoms with E-state index in [1.807, 2.05) is 0 Å². The van der Waals surface area contributed by atoms with Crippen LogP contribution in [-0.4, -0.2) is 59.0 Å². The van der Waals surface area contributed by atoms with Crippen LogP contribution in [-0.2, 0) is 9.53 Å². The molecule has 7 atom stereocenters. The fraction of sp³-hybridized carbons (Fsp3) is 0.850. The molecule has 140 valence electrons. The van der Waals surface area contributed by atoms with Gasteiger partial charge in [0.2, 0.25) is 0 Å². The summed E-state index contributed by atoms with van der Waals surface area (Å²) in [5.41, 5.74) is 1.13. The first-order chi connectivity index (χ1) is 11.9. The summed E-state index contributed by atoms with van der Waals surface area (Å²) in [4.78, 5) is 13.6. The van der Waals surface area contributed by atoms with Crippen LogP contribution in [0.2, 0.25) is 0 Å². The van der Waals surface area contributed by atoms with Crippen molar-refractivity contribution in [2.75, 3.05) is 19.7 Å². The van der Waals surface area contributed by atoms with Gasteiger partial charge in [0.15, 0.2) is 0 Å². The number of ether oxygens (including phenoxy) is 1. The number of carboxylic acids is 1. The van der Waals surface area contributed by atoms with Crippen LogP contribution < -0.4 is 0 Å². The molecule has 0 aromatic rings. The monoisotopic (exact) mass is 349 g/mol. The Bertz CT molecular complexity index is 564. The van der Waals surface area contributed by atoms with Crippen LogP contribution in [0, 0.1) is 23.2 Å². The van der Waals surface area contributed by atoms with E-state index in [1.54, 1.807) is 0 Å². The van der Waals surface area contributed by atoms with Crippen molar-refractivity contribution in [1.82, 2.24) is 4.90 Å². The zero-order valence-electron chi connectivity index (χ0n) is 15.2. The molecular weight excluding hydrogens is 318 g/mol. The molecule has 0 amide bonds. The van der Waals surface area contributed by atoms with Crippen molar-refractivity contribution >= 4 is 5.97 Å². The fourth-order valence-electron chi connectivity index (χ4n) is 6.20. The largest absolute Gasteiger partial charge is 0.480 e. The van der Waals surface area contributed by atoms with Crippen molar-refractivity contribution in [3.05, 3.63) is 12.2 Å². The van der Waals surface area contributed by atoms with Crippen LogP contribution in [0.15, 0.2) is 12.2 Å². The number of fused-ring (bicyclic) bond motifs is 3. The molecule has 0 bridgehead atoms. The normalized spacial score (nSPS) is 47.5. The van der Waals surface area contributed by atoms with Crippen LogP contribution in [0.25, 0.3) is 0 Å². The number of rotatable bonds is 3. The van der Waals surface area contributed by atoms with E-state index in [2.05, 4.69) is 18.4 Å². The van der Waals surface area contributed by atoms with Crippen LogP contribution in [0.3, 0.4) is 0 Å². The number of hydrogen-bond donors (Lipinski definition) is 2. The highest BCUT2D eigenvalue weighted by Gasteiger charge is 2.57. The van der Waals surface area contributed by atoms with E-state index in [0.717, 1.165) is 51.6 Å². The summed E-state index contributed by atoms with van der Waals surface area (Å²) in [7, 11) is 0. The first-order valence-electron chi connectivity index (χ1n) is 9.86.